The minimum absolute atomic E-state index is 0.0393. The van der Waals surface area contributed by atoms with Gasteiger partial charge in [0, 0.05) is 5.69 Å². The van der Waals surface area contributed by atoms with E-state index in [9.17, 15) is 13.2 Å². The number of nitrogens with two attached hydrogens (primary N) is 1. The monoisotopic (exact) mass is 286 g/mol. The highest BCUT2D eigenvalue weighted by Gasteiger charge is 2.26. The number of anilines is 1. The van der Waals surface area contributed by atoms with E-state index in [4.69, 9.17) is 10.8 Å². The zero-order valence-corrected chi connectivity index (χ0v) is 11.6. The molecular weight excluding hydrogens is 268 g/mol. The second kappa shape index (κ2) is 6.03. The molecule has 1 aromatic carbocycles. The number of carboxylic acids is 1. The summed E-state index contributed by atoms with van der Waals surface area (Å²) in [5.41, 5.74) is 5.82. The smallest absolute Gasteiger partial charge is 0.321 e. The van der Waals surface area contributed by atoms with Gasteiger partial charge in [0.05, 0.1) is 4.90 Å². The first-order valence-electron chi connectivity index (χ1n) is 5.83. The van der Waals surface area contributed by atoms with Crippen molar-refractivity contribution >= 4 is 21.7 Å². The standard InChI is InChI=1S/C12H18N2O4S/c1-8(2)6-11(12(15)16)14-19(17,18)10-5-3-4-9(13)7-10/h3-5,7-8,11,14H,6,13H2,1-2H3,(H,15,16). The normalized spacial score (nSPS) is 13.4. The molecule has 0 saturated carbocycles. The molecule has 0 spiro atoms. The second-order valence-electron chi connectivity index (χ2n) is 4.71. The van der Waals surface area contributed by atoms with Gasteiger partial charge in [-0.05, 0) is 30.5 Å². The fourth-order valence-corrected chi connectivity index (χ4v) is 2.86. The fraction of sp³-hybridized carbons (Fsp3) is 0.417. The van der Waals surface area contributed by atoms with Crippen molar-refractivity contribution in [3.8, 4) is 0 Å². The quantitative estimate of drug-likeness (QED) is 0.677. The molecule has 0 aromatic heterocycles. The van der Waals surface area contributed by atoms with E-state index in [1.165, 1.54) is 18.2 Å². The maximum atomic E-state index is 12.1. The van der Waals surface area contributed by atoms with Gasteiger partial charge in [0.15, 0.2) is 0 Å². The van der Waals surface area contributed by atoms with Crippen molar-refractivity contribution in [3.05, 3.63) is 24.3 Å². The number of nitrogens with one attached hydrogen (secondary N) is 1. The van der Waals surface area contributed by atoms with E-state index in [2.05, 4.69) is 4.72 Å². The van der Waals surface area contributed by atoms with Crippen LogP contribution in [0.3, 0.4) is 0 Å². The number of benzene rings is 1. The van der Waals surface area contributed by atoms with Crippen LogP contribution < -0.4 is 10.5 Å². The Kier molecular flexibility index (Phi) is 4.90. The van der Waals surface area contributed by atoms with Crippen LogP contribution >= 0.6 is 0 Å². The van der Waals surface area contributed by atoms with Crippen molar-refractivity contribution < 1.29 is 18.3 Å². The van der Waals surface area contributed by atoms with Gasteiger partial charge in [-0.25, -0.2) is 8.42 Å². The largest absolute Gasteiger partial charge is 0.480 e. The summed E-state index contributed by atoms with van der Waals surface area (Å²) in [5.74, 6) is -1.13. The average Bonchev–Trinajstić information content (AvgIpc) is 2.27. The Morgan fingerprint density at radius 3 is 2.53 bits per heavy atom. The SMILES string of the molecule is CC(C)CC(NS(=O)(=O)c1cccc(N)c1)C(=O)O. The predicted molar refractivity (Wildman–Crippen MR) is 72.1 cm³/mol. The van der Waals surface area contributed by atoms with E-state index in [1.54, 1.807) is 6.07 Å². The van der Waals surface area contributed by atoms with Crippen molar-refractivity contribution in [3.63, 3.8) is 0 Å². The van der Waals surface area contributed by atoms with Gasteiger partial charge in [-0.2, -0.15) is 4.72 Å². The number of nitrogen functional groups attached to an aromatic ring is 1. The van der Waals surface area contributed by atoms with Crippen LogP contribution in [0.25, 0.3) is 0 Å². The molecule has 0 radical (unpaired) electrons. The molecule has 0 bridgehead atoms. The Bertz CT molecular complexity index is 555. The first kappa shape index (κ1) is 15.5. The van der Waals surface area contributed by atoms with Gasteiger partial charge >= 0.3 is 5.97 Å². The van der Waals surface area contributed by atoms with Gasteiger partial charge in [0.2, 0.25) is 10.0 Å². The molecule has 0 aliphatic carbocycles. The summed E-state index contributed by atoms with van der Waals surface area (Å²) in [6.07, 6.45) is 0.219. The third-order valence-electron chi connectivity index (χ3n) is 2.47. The molecule has 4 N–H and O–H groups in total. The van der Waals surface area contributed by atoms with Crippen molar-refractivity contribution in [1.29, 1.82) is 0 Å². The lowest BCUT2D eigenvalue weighted by atomic mass is 10.1. The molecule has 106 valence electrons. The van der Waals surface area contributed by atoms with Crippen molar-refractivity contribution in [2.45, 2.75) is 31.2 Å². The zero-order valence-electron chi connectivity index (χ0n) is 10.8. The second-order valence-corrected chi connectivity index (χ2v) is 6.43. The number of hydrogen-bond acceptors (Lipinski definition) is 4. The fourth-order valence-electron chi connectivity index (χ4n) is 1.61. The molecule has 0 amide bonds. The Morgan fingerprint density at radius 1 is 1.42 bits per heavy atom. The van der Waals surface area contributed by atoms with Gasteiger partial charge in [0.25, 0.3) is 0 Å². The van der Waals surface area contributed by atoms with E-state index in [1.807, 2.05) is 13.8 Å². The lowest BCUT2D eigenvalue weighted by molar-refractivity contribution is -0.139. The molecule has 0 fully saturated rings. The number of sulfonamides is 1. The summed E-state index contributed by atoms with van der Waals surface area (Å²) in [5, 5.41) is 9.04. The molecule has 0 saturated heterocycles. The number of aliphatic carboxylic acids is 1. The number of rotatable bonds is 6. The lowest BCUT2D eigenvalue weighted by Crippen LogP contribution is -2.41. The summed E-state index contributed by atoms with van der Waals surface area (Å²) >= 11 is 0. The van der Waals surface area contributed by atoms with Crippen LogP contribution in [0.15, 0.2) is 29.2 Å². The van der Waals surface area contributed by atoms with Gasteiger partial charge in [-0.15, -0.1) is 0 Å². The van der Waals surface area contributed by atoms with Gasteiger partial charge in [-0.1, -0.05) is 19.9 Å². The third kappa shape index (κ3) is 4.53. The zero-order chi connectivity index (χ0) is 14.6. The highest BCUT2D eigenvalue weighted by atomic mass is 32.2. The average molecular weight is 286 g/mol. The Morgan fingerprint density at radius 2 is 2.05 bits per heavy atom. The summed E-state index contributed by atoms with van der Waals surface area (Å²) in [7, 11) is -3.88. The molecule has 1 aromatic rings. The molecule has 19 heavy (non-hydrogen) atoms. The Balaban J connectivity index is 2.97. The van der Waals surface area contributed by atoms with Crippen LogP contribution in [0, 0.1) is 5.92 Å². The first-order valence-corrected chi connectivity index (χ1v) is 7.31. The molecule has 0 aliphatic heterocycles. The van der Waals surface area contributed by atoms with E-state index in [0.717, 1.165) is 0 Å². The number of hydrogen-bond donors (Lipinski definition) is 3. The first-order chi connectivity index (χ1) is 8.72. The van der Waals surface area contributed by atoms with E-state index in [-0.39, 0.29) is 17.2 Å². The molecule has 1 rings (SSSR count). The van der Waals surface area contributed by atoms with Crippen LogP contribution in [0.2, 0.25) is 0 Å². The van der Waals surface area contributed by atoms with E-state index >= 15 is 0 Å². The van der Waals surface area contributed by atoms with Gasteiger partial charge < -0.3 is 10.8 Å². The van der Waals surface area contributed by atoms with Crippen LogP contribution in [0.5, 0.6) is 0 Å². The summed E-state index contributed by atoms with van der Waals surface area (Å²) < 4.78 is 26.3. The van der Waals surface area contributed by atoms with Gasteiger partial charge in [-0.3, -0.25) is 4.79 Å². The molecule has 6 nitrogen and oxygen atoms in total. The summed E-state index contributed by atoms with van der Waals surface area (Å²) in [6, 6.07) is 4.57. The van der Waals surface area contributed by atoms with Crippen molar-refractivity contribution in [2.75, 3.05) is 5.73 Å². The highest BCUT2D eigenvalue weighted by molar-refractivity contribution is 7.89. The molecule has 0 aliphatic rings. The van der Waals surface area contributed by atoms with Gasteiger partial charge in [0.1, 0.15) is 6.04 Å². The topological polar surface area (TPSA) is 109 Å². The number of carbonyl (C=O) groups is 1. The minimum atomic E-state index is -3.88. The van der Waals surface area contributed by atoms with E-state index in [0.29, 0.717) is 5.69 Å². The summed E-state index contributed by atoms with van der Waals surface area (Å²) in [6.45, 7) is 3.65. The van der Waals surface area contributed by atoms with Crippen LogP contribution in [-0.2, 0) is 14.8 Å². The van der Waals surface area contributed by atoms with Crippen molar-refractivity contribution in [2.24, 2.45) is 5.92 Å². The maximum absolute atomic E-state index is 12.1. The molecule has 7 heteroatoms. The van der Waals surface area contributed by atoms with E-state index < -0.39 is 22.0 Å². The van der Waals surface area contributed by atoms with Crippen molar-refractivity contribution in [1.82, 2.24) is 4.72 Å². The summed E-state index contributed by atoms with van der Waals surface area (Å²) in [4.78, 5) is 11.0. The van der Waals surface area contributed by atoms with Crippen LogP contribution in [0.1, 0.15) is 20.3 Å². The molecule has 1 atom stereocenters. The maximum Gasteiger partial charge on any atom is 0.321 e. The number of carboxylic acid groups (broad SMARTS) is 1. The molecular formula is C12H18N2O4S. The highest BCUT2D eigenvalue weighted by Crippen LogP contribution is 2.15. The van der Waals surface area contributed by atoms with Crippen LogP contribution in [0.4, 0.5) is 5.69 Å². The minimum Gasteiger partial charge on any atom is -0.480 e. The lowest BCUT2D eigenvalue weighted by Gasteiger charge is -2.16. The Labute approximate surface area is 112 Å². The Hall–Kier alpha value is -1.60. The van der Waals surface area contributed by atoms with Crippen LogP contribution in [-0.4, -0.2) is 25.5 Å². The molecule has 1 unspecified atom stereocenters. The third-order valence-corrected chi connectivity index (χ3v) is 3.94. The molecule has 0 heterocycles. The predicted octanol–water partition coefficient (Wildman–Crippen LogP) is 1.05.